The zero-order valence-corrected chi connectivity index (χ0v) is 11.0. The Balaban J connectivity index is 2.15. The molecule has 0 radical (unpaired) electrons. The van der Waals surface area contributed by atoms with E-state index >= 15 is 0 Å². The summed E-state index contributed by atoms with van der Waals surface area (Å²) in [5.41, 5.74) is 0.531. The van der Waals surface area contributed by atoms with Gasteiger partial charge in [-0.1, -0.05) is 26.7 Å². The Morgan fingerprint density at radius 1 is 1.47 bits per heavy atom. The van der Waals surface area contributed by atoms with Crippen molar-refractivity contribution in [3.8, 4) is 12.3 Å². The van der Waals surface area contributed by atoms with Gasteiger partial charge in [-0.05, 0) is 24.2 Å². The summed E-state index contributed by atoms with van der Waals surface area (Å²) < 4.78 is 0. The number of hydrogen-bond acceptors (Lipinski definition) is 2. The fourth-order valence-corrected chi connectivity index (χ4v) is 3.14. The smallest absolute Gasteiger partial charge is 0.0545 e. The summed E-state index contributed by atoms with van der Waals surface area (Å²) in [7, 11) is 0. The third-order valence-electron chi connectivity index (χ3n) is 3.17. The van der Waals surface area contributed by atoms with E-state index in [1.165, 1.54) is 12.8 Å². The van der Waals surface area contributed by atoms with Crippen LogP contribution in [0.25, 0.3) is 0 Å². The predicted octanol–water partition coefficient (Wildman–Crippen LogP) is 2.77. The molecular formula is C13H23NS. The summed E-state index contributed by atoms with van der Waals surface area (Å²) >= 11 is 1.84. The number of nitrogens with one attached hydrogen (secondary N) is 1. The molecular weight excluding hydrogens is 202 g/mol. The van der Waals surface area contributed by atoms with Crippen molar-refractivity contribution in [2.75, 3.05) is 18.1 Å². The molecule has 1 rings (SSSR count). The maximum atomic E-state index is 5.20. The van der Waals surface area contributed by atoms with Crippen molar-refractivity contribution in [1.82, 2.24) is 5.32 Å². The van der Waals surface area contributed by atoms with Gasteiger partial charge in [-0.3, -0.25) is 0 Å². The van der Waals surface area contributed by atoms with Gasteiger partial charge in [0.2, 0.25) is 0 Å². The van der Waals surface area contributed by atoms with E-state index in [0.717, 1.165) is 24.0 Å². The highest BCUT2D eigenvalue weighted by atomic mass is 32.2. The molecule has 2 unspecified atom stereocenters. The van der Waals surface area contributed by atoms with Crippen LogP contribution in [0.1, 0.15) is 33.6 Å². The monoisotopic (exact) mass is 225 g/mol. The van der Waals surface area contributed by atoms with Crippen LogP contribution in [-0.2, 0) is 0 Å². The molecule has 0 aromatic rings. The van der Waals surface area contributed by atoms with E-state index in [1.54, 1.807) is 0 Å². The van der Waals surface area contributed by atoms with Crippen LogP contribution < -0.4 is 5.32 Å². The molecule has 0 heterocycles. The van der Waals surface area contributed by atoms with Gasteiger partial charge in [0.15, 0.2) is 0 Å². The number of thioether (sulfide) groups is 1. The second-order valence-electron chi connectivity index (χ2n) is 5.37. The first-order valence-corrected chi connectivity index (χ1v) is 6.95. The summed E-state index contributed by atoms with van der Waals surface area (Å²) in [6.45, 7) is 8.20. The molecule has 1 fully saturated rings. The number of rotatable bonds is 5. The Kier molecular flexibility index (Phi) is 5.02. The molecule has 0 bridgehead atoms. The molecule has 2 atom stereocenters. The fourth-order valence-electron chi connectivity index (χ4n) is 2.61. The van der Waals surface area contributed by atoms with Crippen molar-refractivity contribution < 1.29 is 0 Å². The Morgan fingerprint density at radius 2 is 2.20 bits per heavy atom. The second-order valence-corrected chi connectivity index (χ2v) is 6.47. The molecule has 1 aliphatic carbocycles. The van der Waals surface area contributed by atoms with Crippen molar-refractivity contribution >= 4 is 11.8 Å². The van der Waals surface area contributed by atoms with Crippen LogP contribution in [0.4, 0.5) is 0 Å². The Morgan fingerprint density at radius 3 is 2.73 bits per heavy atom. The minimum atomic E-state index is 0.531. The van der Waals surface area contributed by atoms with Gasteiger partial charge in [-0.15, -0.1) is 18.2 Å². The van der Waals surface area contributed by atoms with Gasteiger partial charge in [-0.25, -0.2) is 0 Å². The molecule has 1 saturated carbocycles. The van der Waals surface area contributed by atoms with E-state index in [0.29, 0.717) is 11.5 Å². The van der Waals surface area contributed by atoms with E-state index in [2.05, 4.69) is 32.0 Å². The zero-order chi connectivity index (χ0) is 11.3. The van der Waals surface area contributed by atoms with Gasteiger partial charge in [0.05, 0.1) is 5.75 Å². The Labute approximate surface area is 98.8 Å². The Bertz CT molecular complexity index is 229. The van der Waals surface area contributed by atoms with Crippen molar-refractivity contribution in [2.45, 2.75) is 39.7 Å². The zero-order valence-electron chi connectivity index (χ0n) is 10.2. The third-order valence-corrected chi connectivity index (χ3v) is 4.04. The standard InChI is InChI=1S/C13H23NS/c1-5-7-15-8-6-14-12-10-13(3,4)9-11(12)2/h1,11-12,14H,6-10H2,2-4H3. The topological polar surface area (TPSA) is 12.0 Å². The maximum Gasteiger partial charge on any atom is 0.0545 e. The van der Waals surface area contributed by atoms with Gasteiger partial charge in [0.25, 0.3) is 0 Å². The lowest BCUT2D eigenvalue weighted by Crippen LogP contribution is -2.33. The van der Waals surface area contributed by atoms with Gasteiger partial charge in [0.1, 0.15) is 0 Å². The second kappa shape index (κ2) is 5.82. The molecule has 0 aliphatic heterocycles. The maximum absolute atomic E-state index is 5.20. The molecule has 0 aromatic carbocycles. The molecule has 2 heteroatoms. The first kappa shape index (κ1) is 12.9. The summed E-state index contributed by atoms with van der Waals surface area (Å²) in [5, 5.41) is 3.66. The predicted molar refractivity (Wildman–Crippen MR) is 70.1 cm³/mol. The fraction of sp³-hybridized carbons (Fsp3) is 0.846. The van der Waals surface area contributed by atoms with Gasteiger partial charge in [-0.2, -0.15) is 0 Å². The van der Waals surface area contributed by atoms with E-state index in [4.69, 9.17) is 6.42 Å². The third kappa shape index (κ3) is 4.49. The summed E-state index contributed by atoms with van der Waals surface area (Å²) in [6.07, 6.45) is 7.86. The van der Waals surface area contributed by atoms with E-state index in [1.807, 2.05) is 11.8 Å². The van der Waals surface area contributed by atoms with Crippen molar-refractivity contribution in [3.05, 3.63) is 0 Å². The van der Waals surface area contributed by atoms with Gasteiger partial charge >= 0.3 is 0 Å². The minimum Gasteiger partial charge on any atom is -0.313 e. The lowest BCUT2D eigenvalue weighted by Gasteiger charge is -2.18. The van der Waals surface area contributed by atoms with Crippen LogP contribution in [0.3, 0.4) is 0 Å². The summed E-state index contributed by atoms with van der Waals surface area (Å²) in [5.74, 6) is 5.44. The largest absolute Gasteiger partial charge is 0.313 e. The molecule has 0 amide bonds. The highest BCUT2D eigenvalue weighted by Crippen LogP contribution is 2.40. The van der Waals surface area contributed by atoms with Crippen LogP contribution >= 0.6 is 11.8 Å². The Hall–Kier alpha value is -0.130. The van der Waals surface area contributed by atoms with E-state index < -0.39 is 0 Å². The highest BCUT2D eigenvalue weighted by molar-refractivity contribution is 7.99. The van der Waals surface area contributed by atoms with Crippen LogP contribution in [0.2, 0.25) is 0 Å². The molecule has 0 aromatic heterocycles. The van der Waals surface area contributed by atoms with Crippen molar-refractivity contribution in [1.29, 1.82) is 0 Å². The summed E-state index contributed by atoms with van der Waals surface area (Å²) in [4.78, 5) is 0. The van der Waals surface area contributed by atoms with E-state index in [9.17, 15) is 0 Å². The molecule has 1 N–H and O–H groups in total. The number of terminal acetylenes is 1. The molecule has 0 spiro atoms. The van der Waals surface area contributed by atoms with E-state index in [-0.39, 0.29) is 0 Å². The lowest BCUT2D eigenvalue weighted by atomic mass is 9.91. The molecule has 15 heavy (non-hydrogen) atoms. The van der Waals surface area contributed by atoms with Crippen LogP contribution in [0.15, 0.2) is 0 Å². The van der Waals surface area contributed by atoms with Gasteiger partial charge < -0.3 is 5.32 Å². The van der Waals surface area contributed by atoms with Crippen LogP contribution in [0.5, 0.6) is 0 Å². The summed E-state index contributed by atoms with van der Waals surface area (Å²) in [6, 6.07) is 0.714. The first-order valence-electron chi connectivity index (χ1n) is 5.80. The van der Waals surface area contributed by atoms with Crippen molar-refractivity contribution in [2.24, 2.45) is 11.3 Å². The average Bonchev–Trinajstić information content (AvgIpc) is 2.39. The minimum absolute atomic E-state index is 0.531. The quantitative estimate of drug-likeness (QED) is 0.570. The number of hydrogen-bond donors (Lipinski definition) is 1. The van der Waals surface area contributed by atoms with Crippen LogP contribution in [-0.4, -0.2) is 24.1 Å². The van der Waals surface area contributed by atoms with Crippen molar-refractivity contribution in [3.63, 3.8) is 0 Å². The van der Waals surface area contributed by atoms with Crippen LogP contribution in [0, 0.1) is 23.7 Å². The first-order chi connectivity index (χ1) is 7.05. The SMILES string of the molecule is C#CCSCCNC1CC(C)(C)CC1C. The normalized spacial score (nSPS) is 28.9. The molecule has 1 nitrogen and oxygen atoms in total. The average molecular weight is 225 g/mol. The molecule has 1 aliphatic rings. The molecule has 0 saturated heterocycles. The molecule has 86 valence electrons. The highest BCUT2D eigenvalue weighted by Gasteiger charge is 2.35. The van der Waals surface area contributed by atoms with Gasteiger partial charge in [0, 0.05) is 18.3 Å². The lowest BCUT2D eigenvalue weighted by molar-refractivity contribution is 0.363.